The fourth-order valence-corrected chi connectivity index (χ4v) is 2.71. The van der Waals surface area contributed by atoms with Crippen LogP contribution in [-0.4, -0.2) is 35.4 Å². The minimum absolute atomic E-state index is 0.0658. The average Bonchev–Trinajstić information content (AvgIpc) is 2.83. The molecule has 4 nitrogen and oxygen atoms in total. The van der Waals surface area contributed by atoms with Gasteiger partial charge in [-0.2, -0.15) is 0 Å². The minimum Gasteiger partial charge on any atom is -0.344 e. The van der Waals surface area contributed by atoms with Crippen molar-refractivity contribution >= 4 is 17.2 Å². The first-order valence-corrected chi connectivity index (χ1v) is 6.31. The largest absolute Gasteiger partial charge is 0.344 e. The first kappa shape index (κ1) is 11.5. The van der Waals surface area contributed by atoms with Gasteiger partial charge >= 0.3 is 0 Å². The molecule has 1 unspecified atom stereocenters. The van der Waals surface area contributed by atoms with Crippen molar-refractivity contribution in [3.63, 3.8) is 0 Å². The summed E-state index contributed by atoms with van der Waals surface area (Å²) in [7, 11) is 1.85. The second-order valence-corrected chi connectivity index (χ2v) is 5.60. The van der Waals surface area contributed by atoms with Crippen molar-refractivity contribution in [3.8, 4) is 0 Å². The molecule has 2 heterocycles. The van der Waals surface area contributed by atoms with Crippen LogP contribution < -0.4 is 5.32 Å². The lowest BCUT2D eigenvalue weighted by Crippen LogP contribution is -2.47. The predicted octanol–water partition coefficient (Wildman–Crippen LogP) is 1.20. The zero-order valence-electron chi connectivity index (χ0n) is 9.86. The first-order valence-electron chi connectivity index (χ1n) is 5.43. The van der Waals surface area contributed by atoms with Gasteiger partial charge in [0.2, 0.25) is 5.91 Å². The van der Waals surface area contributed by atoms with E-state index in [1.165, 1.54) is 0 Å². The Labute approximate surface area is 99.7 Å². The quantitative estimate of drug-likeness (QED) is 0.862. The maximum Gasteiger partial charge on any atom is 0.239 e. The number of amides is 1. The van der Waals surface area contributed by atoms with Crippen LogP contribution >= 0.6 is 11.3 Å². The van der Waals surface area contributed by atoms with E-state index in [0.717, 1.165) is 18.0 Å². The van der Waals surface area contributed by atoms with Gasteiger partial charge in [0.05, 0.1) is 11.6 Å². The number of carbonyl (C=O) groups excluding carboxylic acids is 1. The van der Waals surface area contributed by atoms with E-state index in [4.69, 9.17) is 0 Å². The van der Waals surface area contributed by atoms with E-state index in [1.54, 1.807) is 22.4 Å². The summed E-state index contributed by atoms with van der Waals surface area (Å²) in [6.45, 7) is 4.97. The molecule has 1 saturated heterocycles. The molecule has 88 valence electrons. The minimum atomic E-state index is -0.236. The molecule has 0 aromatic carbocycles. The highest BCUT2D eigenvalue weighted by Crippen LogP contribution is 2.24. The van der Waals surface area contributed by atoms with E-state index in [2.05, 4.69) is 24.1 Å². The summed E-state index contributed by atoms with van der Waals surface area (Å²) in [5.74, 6) is 0.185. The van der Waals surface area contributed by atoms with E-state index < -0.39 is 0 Å². The molecule has 1 aliphatic heterocycles. The van der Waals surface area contributed by atoms with Crippen molar-refractivity contribution in [1.29, 1.82) is 0 Å². The molecule has 1 aliphatic rings. The molecule has 0 bridgehead atoms. The Balaban J connectivity index is 2.07. The van der Waals surface area contributed by atoms with Crippen LogP contribution in [-0.2, 0) is 10.3 Å². The predicted molar refractivity (Wildman–Crippen MR) is 64.3 cm³/mol. The van der Waals surface area contributed by atoms with E-state index in [-0.39, 0.29) is 17.5 Å². The van der Waals surface area contributed by atoms with Gasteiger partial charge in [-0.3, -0.25) is 10.1 Å². The molecule has 0 radical (unpaired) electrons. The Bertz CT molecular complexity index is 375. The molecule has 16 heavy (non-hydrogen) atoms. The summed E-state index contributed by atoms with van der Waals surface area (Å²) in [5.41, 5.74) is -0.236. The topological polar surface area (TPSA) is 45.2 Å². The first-order chi connectivity index (χ1) is 7.50. The molecule has 1 N–H and O–H groups in total. The summed E-state index contributed by atoms with van der Waals surface area (Å²) >= 11 is 1.62. The third-order valence-electron chi connectivity index (χ3n) is 2.93. The smallest absolute Gasteiger partial charge is 0.239 e. The van der Waals surface area contributed by atoms with Crippen LogP contribution in [0.5, 0.6) is 0 Å². The Hall–Kier alpha value is -0.940. The van der Waals surface area contributed by atoms with Crippen LogP contribution in [0.25, 0.3) is 0 Å². The third kappa shape index (κ3) is 2.10. The average molecular weight is 239 g/mol. The third-order valence-corrected chi connectivity index (χ3v) is 4.03. The SMILES string of the molecule is CN1CCC(NC(C)(C)c2nccs2)C1=O. The molecule has 1 amide bonds. The lowest BCUT2D eigenvalue weighted by molar-refractivity contribution is -0.128. The molecular formula is C11H17N3OS. The maximum absolute atomic E-state index is 11.8. The monoisotopic (exact) mass is 239 g/mol. The standard InChI is InChI=1S/C11H17N3OS/c1-11(2,10-12-5-7-16-10)13-8-4-6-14(3)9(8)15/h5,7-8,13H,4,6H2,1-3H3. The highest BCUT2D eigenvalue weighted by molar-refractivity contribution is 7.09. The molecule has 0 aliphatic carbocycles. The van der Waals surface area contributed by atoms with Crippen molar-refractivity contribution < 1.29 is 4.79 Å². The van der Waals surface area contributed by atoms with Gasteiger partial charge in [-0.05, 0) is 20.3 Å². The summed E-state index contributed by atoms with van der Waals surface area (Å²) < 4.78 is 0. The number of rotatable bonds is 3. The van der Waals surface area contributed by atoms with Crippen molar-refractivity contribution in [1.82, 2.24) is 15.2 Å². The number of likely N-dealkylation sites (tertiary alicyclic amines) is 1. The van der Waals surface area contributed by atoms with Crippen molar-refractivity contribution in [2.75, 3.05) is 13.6 Å². The number of hydrogen-bond acceptors (Lipinski definition) is 4. The van der Waals surface area contributed by atoms with Crippen LogP contribution in [0.4, 0.5) is 0 Å². The molecule has 5 heteroatoms. The van der Waals surface area contributed by atoms with Crippen LogP contribution in [0, 0.1) is 0 Å². The molecule has 1 fully saturated rings. The van der Waals surface area contributed by atoms with E-state index >= 15 is 0 Å². The zero-order valence-corrected chi connectivity index (χ0v) is 10.7. The normalized spacial score (nSPS) is 21.8. The maximum atomic E-state index is 11.8. The number of thiazole rings is 1. The summed E-state index contributed by atoms with van der Waals surface area (Å²) in [5, 5.41) is 6.38. The molecule has 0 spiro atoms. The van der Waals surface area contributed by atoms with Gasteiger partial charge in [0.25, 0.3) is 0 Å². The van der Waals surface area contributed by atoms with Crippen LogP contribution in [0.1, 0.15) is 25.3 Å². The number of aromatic nitrogens is 1. The summed E-state index contributed by atoms with van der Waals surface area (Å²) in [4.78, 5) is 17.9. The molecule has 2 rings (SSSR count). The van der Waals surface area contributed by atoms with Crippen molar-refractivity contribution in [2.24, 2.45) is 0 Å². The number of likely N-dealkylation sites (N-methyl/N-ethyl adjacent to an activating group) is 1. The highest BCUT2D eigenvalue weighted by Gasteiger charge is 2.34. The fraction of sp³-hybridized carbons (Fsp3) is 0.636. The van der Waals surface area contributed by atoms with Crippen LogP contribution in [0.2, 0.25) is 0 Å². The van der Waals surface area contributed by atoms with Gasteiger partial charge in [0.1, 0.15) is 5.01 Å². The molecule has 1 aromatic rings. The molecule has 1 aromatic heterocycles. The van der Waals surface area contributed by atoms with Gasteiger partial charge in [0.15, 0.2) is 0 Å². The van der Waals surface area contributed by atoms with E-state index in [9.17, 15) is 4.79 Å². The Morgan fingerprint density at radius 2 is 2.38 bits per heavy atom. The zero-order chi connectivity index (χ0) is 11.8. The second kappa shape index (κ2) is 4.14. The Morgan fingerprint density at radius 1 is 1.62 bits per heavy atom. The fourth-order valence-electron chi connectivity index (χ4n) is 1.99. The van der Waals surface area contributed by atoms with Crippen molar-refractivity contribution in [2.45, 2.75) is 31.8 Å². The lowest BCUT2D eigenvalue weighted by Gasteiger charge is -2.27. The molecule has 0 saturated carbocycles. The van der Waals surface area contributed by atoms with Crippen molar-refractivity contribution in [3.05, 3.63) is 16.6 Å². The summed E-state index contributed by atoms with van der Waals surface area (Å²) in [6.07, 6.45) is 2.68. The summed E-state index contributed by atoms with van der Waals surface area (Å²) in [6, 6.07) is -0.0658. The van der Waals surface area contributed by atoms with Gasteiger partial charge in [-0.25, -0.2) is 4.98 Å². The van der Waals surface area contributed by atoms with Gasteiger partial charge in [-0.15, -0.1) is 11.3 Å². The molecule has 1 atom stereocenters. The highest BCUT2D eigenvalue weighted by atomic mass is 32.1. The van der Waals surface area contributed by atoms with Gasteiger partial charge < -0.3 is 4.90 Å². The van der Waals surface area contributed by atoms with E-state index in [1.807, 2.05) is 12.4 Å². The number of nitrogens with one attached hydrogen (secondary N) is 1. The lowest BCUT2D eigenvalue weighted by atomic mass is 10.0. The van der Waals surface area contributed by atoms with Crippen LogP contribution in [0.15, 0.2) is 11.6 Å². The number of carbonyl (C=O) groups is 1. The van der Waals surface area contributed by atoms with Crippen LogP contribution in [0.3, 0.4) is 0 Å². The van der Waals surface area contributed by atoms with E-state index in [0.29, 0.717) is 0 Å². The van der Waals surface area contributed by atoms with Gasteiger partial charge in [-0.1, -0.05) is 0 Å². The Kier molecular flexibility index (Phi) is 2.99. The number of nitrogens with zero attached hydrogens (tertiary/aromatic N) is 2. The van der Waals surface area contributed by atoms with Gasteiger partial charge in [0, 0.05) is 25.2 Å². The second-order valence-electron chi connectivity index (χ2n) is 4.71. The Morgan fingerprint density at radius 3 is 2.88 bits per heavy atom. The number of hydrogen-bond donors (Lipinski definition) is 1. The molecular weight excluding hydrogens is 222 g/mol.